The minimum absolute atomic E-state index is 0.123. The lowest BCUT2D eigenvalue weighted by molar-refractivity contribution is -0.141. The summed E-state index contributed by atoms with van der Waals surface area (Å²) < 4.78 is 40.8. The number of carbonyl (C=O) groups excluding carboxylic acids is 1. The summed E-state index contributed by atoms with van der Waals surface area (Å²) in [7, 11) is 1.79. The molecule has 2 N–H and O–H groups in total. The van der Waals surface area contributed by atoms with E-state index in [-0.39, 0.29) is 17.3 Å². The Bertz CT molecular complexity index is 1080. The summed E-state index contributed by atoms with van der Waals surface area (Å²) in [6.45, 7) is 3.68. The van der Waals surface area contributed by atoms with E-state index in [1.54, 1.807) is 24.9 Å². The number of nitrogens with zero attached hydrogens (tertiary/aromatic N) is 3. The fraction of sp³-hybridized carbons (Fsp3) is 0.278. The Kier molecular flexibility index (Phi) is 4.88. The molecule has 0 saturated heterocycles. The number of halogens is 3. The van der Waals surface area contributed by atoms with E-state index in [0.29, 0.717) is 6.07 Å². The number of aromatic nitrogens is 4. The predicted octanol–water partition coefficient (Wildman–Crippen LogP) is 2.72. The van der Waals surface area contributed by atoms with Gasteiger partial charge in [-0.25, -0.2) is 4.68 Å². The SMILES string of the molecule is Cc1c([C@@H](C)NC(=O)c2cccc(-n3[nH]c(C(F)(F)F)cc3=O)c2)cnn1C. The Balaban J connectivity index is 1.85. The molecule has 0 spiro atoms. The lowest BCUT2D eigenvalue weighted by atomic mass is 10.1. The van der Waals surface area contributed by atoms with Gasteiger partial charge in [-0.05, 0) is 32.0 Å². The number of H-pyrrole nitrogens is 1. The maximum atomic E-state index is 12.8. The van der Waals surface area contributed by atoms with Crippen LogP contribution in [0.1, 0.15) is 40.3 Å². The molecule has 2 heterocycles. The van der Waals surface area contributed by atoms with Crippen molar-refractivity contribution in [1.29, 1.82) is 0 Å². The number of aromatic amines is 1. The van der Waals surface area contributed by atoms with E-state index in [2.05, 4.69) is 10.4 Å². The minimum atomic E-state index is -4.67. The Hall–Kier alpha value is -3.30. The number of carbonyl (C=O) groups is 1. The topological polar surface area (TPSA) is 84.7 Å². The summed E-state index contributed by atoms with van der Waals surface area (Å²) >= 11 is 0. The van der Waals surface area contributed by atoms with Crippen LogP contribution in [0, 0.1) is 6.92 Å². The van der Waals surface area contributed by atoms with Crippen molar-refractivity contribution in [3.63, 3.8) is 0 Å². The number of hydrogen-bond donors (Lipinski definition) is 2. The molecule has 3 aromatic rings. The van der Waals surface area contributed by atoms with Gasteiger partial charge in [0.25, 0.3) is 11.5 Å². The van der Waals surface area contributed by atoms with Crippen LogP contribution in [0.3, 0.4) is 0 Å². The second kappa shape index (κ2) is 7.02. The molecule has 0 bridgehead atoms. The van der Waals surface area contributed by atoms with Gasteiger partial charge in [-0.1, -0.05) is 6.07 Å². The van der Waals surface area contributed by atoms with Gasteiger partial charge < -0.3 is 5.32 Å². The van der Waals surface area contributed by atoms with Crippen molar-refractivity contribution in [2.75, 3.05) is 0 Å². The summed E-state index contributed by atoms with van der Waals surface area (Å²) in [4.78, 5) is 24.5. The summed E-state index contributed by atoms with van der Waals surface area (Å²) in [6.07, 6.45) is -3.01. The van der Waals surface area contributed by atoms with E-state index in [1.165, 1.54) is 24.3 Å². The lowest BCUT2D eigenvalue weighted by Gasteiger charge is -2.14. The number of nitrogens with one attached hydrogen (secondary N) is 2. The van der Waals surface area contributed by atoms with Gasteiger partial charge in [-0.15, -0.1) is 0 Å². The molecule has 0 aliphatic carbocycles. The molecule has 0 radical (unpaired) electrons. The zero-order chi connectivity index (χ0) is 20.6. The van der Waals surface area contributed by atoms with Crippen LogP contribution in [0.15, 0.2) is 41.3 Å². The molecular formula is C18H18F3N5O2. The highest BCUT2D eigenvalue weighted by molar-refractivity contribution is 5.95. The fourth-order valence-corrected chi connectivity index (χ4v) is 2.82. The largest absolute Gasteiger partial charge is 0.432 e. The van der Waals surface area contributed by atoms with Crippen LogP contribution < -0.4 is 10.9 Å². The Morgan fingerprint density at radius 2 is 2.00 bits per heavy atom. The molecule has 1 atom stereocenters. The molecule has 1 aromatic carbocycles. The summed E-state index contributed by atoms with van der Waals surface area (Å²) in [6, 6.07) is 5.93. The van der Waals surface area contributed by atoms with Gasteiger partial charge in [0.05, 0.1) is 17.9 Å². The first-order valence-electron chi connectivity index (χ1n) is 8.37. The van der Waals surface area contributed by atoms with Crippen LogP contribution in [0.5, 0.6) is 0 Å². The monoisotopic (exact) mass is 393 g/mol. The zero-order valence-corrected chi connectivity index (χ0v) is 15.3. The Labute approximate surface area is 157 Å². The van der Waals surface area contributed by atoms with Crippen LogP contribution in [0.4, 0.5) is 13.2 Å². The first kappa shape index (κ1) is 19.5. The average Bonchev–Trinajstić information content (AvgIpc) is 3.18. The van der Waals surface area contributed by atoms with E-state index in [9.17, 15) is 22.8 Å². The smallest absolute Gasteiger partial charge is 0.345 e. The van der Waals surface area contributed by atoms with Gasteiger partial charge in [-0.2, -0.15) is 18.3 Å². The first-order valence-corrected chi connectivity index (χ1v) is 8.37. The molecule has 1 amide bonds. The molecule has 0 aliphatic rings. The molecule has 0 unspecified atom stereocenters. The number of amides is 1. The zero-order valence-electron chi connectivity index (χ0n) is 15.3. The van der Waals surface area contributed by atoms with Gasteiger partial charge in [0.15, 0.2) is 0 Å². The van der Waals surface area contributed by atoms with Gasteiger partial charge in [0, 0.05) is 29.9 Å². The summed E-state index contributed by atoms with van der Waals surface area (Å²) in [5.74, 6) is -0.423. The van der Waals surface area contributed by atoms with E-state index in [4.69, 9.17) is 0 Å². The quantitative estimate of drug-likeness (QED) is 0.715. The van der Waals surface area contributed by atoms with Gasteiger partial charge in [0.2, 0.25) is 0 Å². The van der Waals surface area contributed by atoms with Gasteiger partial charge >= 0.3 is 6.18 Å². The first-order chi connectivity index (χ1) is 13.1. The maximum absolute atomic E-state index is 12.8. The van der Waals surface area contributed by atoms with Crippen molar-refractivity contribution in [2.24, 2.45) is 7.05 Å². The fourth-order valence-electron chi connectivity index (χ4n) is 2.82. The molecular weight excluding hydrogens is 375 g/mol. The minimum Gasteiger partial charge on any atom is -0.345 e. The lowest BCUT2D eigenvalue weighted by Crippen LogP contribution is -2.27. The van der Waals surface area contributed by atoms with Gasteiger partial charge in [0.1, 0.15) is 5.69 Å². The van der Waals surface area contributed by atoms with Crippen molar-refractivity contribution >= 4 is 5.91 Å². The van der Waals surface area contributed by atoms with Crippen molar-refractivity contribution in [3.8, 4) is 5.69 Å². The third-order valence-electron chi connectivity index (χ3n) is 4.48. The Morgan fingerprint density at radius 3 is 2.57 bits per heavy atom. The maximum Gasteiger partial charge on any atom is 0.432 e. The second-order valence-corrected chi connectivity index (χ2v) is 6.40. The number of hydrogen-bond acceptors (Lipinski definition) is 3. The third kappa shape index (κ3) is 3.71. The molecule has 28 heavy (non-hydrogen) atoms. The molecule has 2 aromatic heterocycles. The van der Waals surface area contributed by atoms with E-state index >= 15 is 0 Å². The van der Waals surface area contributed by atoms with Crippen LogP contribution in [0.2, 0.25) is 0 Å². The van der Waals surface area contributed by atoms with Crippen LogP contribution in [-0.2, 0) is 13.2 Å². The van der Waals surface area contributed by atoms with Crippen molar-refractivity contribution in [1.82, 2.24) is 24.9 Å². The van der Waals surface area contributed by atoms with Crippen LogP contribution in [0.25, 0.3) is 5.69 Å². The average molecular weight is 393 g/mol. The molecule has 7 nitrogen and oxygen atoms in total. The molecule has 0 aliphatic heterocycles. The third-order valence-corrected chi connectivity index (χ3v) is 4.48. The standard InChI is InChI=1S/C18H18F3N5O2/c1-10(14-9-22-25(3)11(14)2)23-17(28)12-5-4-6-13(7-12)26-16(27)8-15(24-26)18(19,20)21/h4-10,24H,1-3H3,(H,23,28)/t10-/m1/s1. The predicted molar refractivity (Wildman–Crippen MR) is 95.2 cm³/mol. The normalized spacial score (nSPS) is 12.8. The summed E-state index contributed by atoms with van der Waals surface area (Å²) in [5, 5.41) is 8.97. The Morgan fingerprint density at radius 1 is 1.29 bits per heavy atom. The van der Waals surface area contributed by atoms with Crippen molar-refractivity contribution in [3.05, 3.63) is 69.4 Å². The van der Waals surface area contributed by atoms with Crippen LogP contribution >= 0.6 is 0 Å². The molecule has 0 fully saturated rings. The highest BCUT2D eigenvalue weighted by Crippen LogP contribution is 2.26. The number of rotatable bonds is 4. The molecule has 10 heteroatoms. The van der Waals surface area contributed by atoms with Crippen molar-refractivity contribution < 1.29 is 18.0 Å². The van der Waals surface area contributed by atoms with E-state index < -0.39 is 23.3 Å². The van der Waals surface area contributed by atoms with E-state index in [0.717, 1.165) is 15.9 Å². The molecule has 0 saturated carbocycles. The van der Waals surface area contributed by atoms with Gasteiger partial charge in [-0.3, -0.25) is 19.4 Å². The molecule has 148 valence electrons. The highest BCUT2D eigenvalue weighted by Gasteiger charge is 2.33. The number of alkyl halides is 3. The second-order valence-electron chi connectivity index (χ2n) is 6.40. The number of benzene rings is 1. The highest BCUT2D eigenvalue weighted by atomic mass is 19.4. The van der Waals surface area contributed by atoms with Crippen molar-refractivity contribution in [2.45, 2.75) is 26.1 Å². The number of aryl methyl sites for hydroxylation is 1. The van der Waals surface area contributed by atoms with Crippen LogP contribution in [-0.4, -0.2) is 25.5 Å². The summed E-state index contributed by atoms with van der Waals surface area (Å²) in [5.41, 5.74) is 0.0539. The molecule has 3 rings (SSSR count). The van der Waals surface area contributed by atoms with E-state index in [1.807, 2.05) is 12.0 Å².